The van der Waals surface area contributed by atoms with Gasteiger partial charge in [-0.25, -0.2) is 0 Å². The van der Waals surface area contributed by atoms with Gasteiger partial charge >= 0.3 is 0 Å². The van der Waals surface area contributed by atoms with Gasteiger partial charge in [-0.15, -0.1) is 0 Å². The molecule has 2 aliphatic rings. The maximum absolute atomic E-state index is 10.1. The van der Waals surface area contributed by atoms with Crippen LogP contribution in [0, 0.1) is 5.92 Å². The van der Waals surface area contributed by atoms with Gasteiger partial charge in [0.05, 0.1) is 24.7 Å². The molecule has 0 aromatic carbocycles. The lowest BCUT2D eigenvalue weighted by molar-refractivity contribution is -0.281. The first-order valence-corrected chi connectivity index (χ1v) is 6.16. The summed E-state index contributed by atoms with van der Waals surface area (Å²) >= 11 is 0. The SMILES string of the molecule is CN1CC[C@H](O)[C@H]1[C@@H]1[C@@H](O)[C@H](O)[C@@H](CO)O[C@H]1O. The van der Waals surface area contributed by atoms with Crippen LogP contribution in [0.1, 0.15) is 6.42 Å². The van der Waals surface area contributed by atoms with Crippen molar-refractivity contribution in [3.8, 4) is 0 Å². The number of ether oxygens (including phenoxy) is 1. The third-order valence-electron chi connectivity index (χ3n) is 4.02. The highest BCUT2D eigenvalue weighted by molar-refractivity contribution is 4.99. The number of aliphatic hydroxyl groups is 5. The number of hydrogen-bond donors (Lipinski definition) is 5. The summed E-state index contributed by atoms with van der Waals surface area (Å²) in [6.07, 6.45) is -4.96. The van der Waals surface area contributed by atoms with Crippen LogP contribution in [0.3, 0.4) is 0 Å². The van der Waals surface area contributed by atoms with E-state index in [0.717, 1.165) is 0 Å². The maximum Gasteiger partial charge on any atom is 0.162 e. The molecule has 0 radical (unpaired) electrons. The third kappa shape index (κ3) is 2.27. The van der Waals surface area contributed by atoms with Gasteiger partial charge in [0.1, 0.15) is 12.2 Å². The van der Waals surface area contributed by atoms with Crippen LogP contribution in [-0.4, -0.2) is 87.4 Å². The molecule has 106 valence electrons. The molecular weight excluding hydrogens is 242 g/mol. The number of likely N-dealkylation sites (tertiary alicyclic amines) is 1. The first-order valence-electron chi connectivity index (χ1n) is 6.16. The van der Waals surface area contributed by atoms with Gasteiger partial charge in [0.15, 0.2) is 6.29 Å². The lowest BCUT2D eigenvalue weighted by Gasteiger charge is -2.44. The topological polar surface area (TPSA) is 114 Å². The van der Waals surface area contributed by atoms with Crippen LogP contribution in [0.5, 0.6) is 0 Å². The average Bonchev–Trinajstić information content (AvgIpc) is 2.65. The molecule has 18 heavy (non-hydrogen) atoms. The van der Waals surface area contributed by atoms with E-state index in [0.29, 0.717) is 13.0 Å². The van der Waals surface area contributed by atoms with Gasteiger partial charge in [-0.05, 0) is 13.5 Å². The molecular formula is C11H21NO6. The van der Waals surface area contributed by atoms with E-state index in [2.05, 4.69) is 0 Å². The largest absolute Gasteiger partial charge is 0.394 e. The van der Waals surface area contributed by atoms with Gasteiger partial charge in [0, 0.05) is 12.6 Å². The minimum atomic E-state index is -1.32. The van der Waals surface area contributed by atoms with E-state index in [1.54, 1.807) is 7.05 Å². The van der Waals surface area contributed by atoms with Gasteiger partial charge in [-0.2, -0.15) is 0 Å². The van der Waals surface area contributed by atoms with Crippen LogP contribution in [0.2, 0.25) is 0 Å². The number of aliphatic hydroxyl groups excluding tert-OH is 5. The average molecular weight is 263 g/mol. The summed E-state index contributed by atoms with van der Waals surface area (Å²) < 4.78 is 5.10. The minimum absolute atomic E-state index is 0.468. The van der Waals surface area contributed by atoms with E-state index in [-0.39, 0.29) is 0 Å². The van der Waals surface area contributed by atoms with E-state index >= 15 is 0 Å². The van der Waals surface area contributed by atoms with Crippen molar-refractivity contribution in [1.29, 1.82) is 0 Å². The summed E-state index contributed by atoms with van der Waals surface area (Å²) in [5.41, 5.74) is 0. The van der Waals surface area contributed by atoms with Crippen molar-refractivity contribution in [2.24, 2.45) is 5.92 Å². The predicted octanol–water partition coefficient (Wildman–Crippen LogP) is -2.90. The fourth-order valence-corrected chi connectivity index (χ4v) is 2.99. The lowest BCUT2D eigenvalue weighted by atomic mass is 9.83. The minimum Gasteiger partial charge on any atom is -0.394 e. The first-order chi connectivity index (χ1) is 8.47. The Bertz CT molecular complexity index is 281. The van der Waals surface area contributed by atoms with Gasteiger partial charge in [-0.3, -0.25) is 0 Å². The third-order valence-corrected chi connectivity index (χ3v) is 4.02. The van der Waals surface area contributed by atoms with Crippen molar-refractivity contribution in [1.82, 2.24) is 4.90 Å². The molecule has 0 spiro atoms. The Hall–Kier alpha value is -0.280. The summed E-state index contributed by atoms with van der Waals surface area (Å²) in [6.45, 7) is 0.173. The van der Waals surface area contributed by atoms with Crippen molar-refractivity contribution in [3.05, 3.63) is 0 Å². The molecule has 2 aliphatic heterocycles. The van der Waals surface area contributed by atoms with Crippen molar-refractivity contribution in [3.63, 3.8) is 0 Å². The van der Waals surface area contributed by atoms with Crippen LogP contribution in [-0.2, 0) is 4.74 Å². The molecule has 0 unspecified atom stereocenters. The standard InChI is InChI=1S/C11H21NO6/c1-12-3-2-5(14)8(12)7-10(16)9(15)6(4-13)18-11(7)17/h5-11,13-17H,2-4H2,1H3/t5-,6+,7+,8-,9+,10+,11+/m0/s1. The summed E-state index contributed by atoms with van der Waals surface area (Å²) in [5.74, 6) is -0.801. The zero-order chi connectivity index (χ0) is 13.4. The van der Waals surface area contributed by atoms with Crippen LogP contribution in [0.25, 0.3) is 0 Å². The maximum atomic E-state index is 10.1. The summed E-state index contributed by atoms with van der Waals surface area (Å²) in [5, 5.41) is 48.7. The molecule has 7 nitrogen and oxygen atoms in total. The highest BCUT2D eigenvalue weighted by Crippen LogP contribution is 2.34. The Morgan fingerprint density at radius 3 is 2.33 bits per heavy atom. The first kappa shape index (κ1) is 14.1. The fourth-order valence-electron chi connectivity index (χ4n) is 2.99. The van der Waals surface area contributed by atoms with Crippen LogP contribution in [0.4, 0.5) is 0 Å². The molecule has 0 saturated carbocycles. The molecule has 0 bridgehead atoms. The number of rotatable bonds is 2. The second-order valence-corrected chi connectivity index (χ2v) is 5.13. The molecule has 2 rings (SSSR count). The molecule has 2 saturated heterocycles. The molecule has 7 atom stereocenters. The Morgan fingerprint density at radius 2 is 1.83 bits per heavy atom. The van der Waals surface area contributed by atoms with E-state index in [9.17, 15) is 20.4 Å². The summed E-state index contributed by atoms with van der Waals surface area (Å²) in [6, 6.07) is -0.468. The molecule has 0 aromatic heterocycles. The second-order valence-electron chi connectivity index (χ2n) is 5.13. The van der Waals surface area contributed by atoms with Crippen molar-refractivity contribution in [2.45, 2.75) is 43.2 Å². The Labute approximate surface area is 105 Å². The molecule has 5 N–H and O–H groups in total. The normalized spacial score (nSPS) is 50.7. The predicted molar refractivity (Wildman–Crippen MR) is 60.5 cm³/mol. The van der Waals surface area contributed by atoms with Crippen LogP contribution >= 0.6 is 0 Å². The van der Waals surface area contributed by atoms with Crippen molar-refractivity contribution in [2.75, 3.05) is 20.2 Å². The van der Waals surface area contributed by atoms with Gasteiger partial charge in [0.2, 0.25) is 0 Å². The molecule has 2 heterocycles. The fraction of sp³-hybridized carbons (Fsp3) is 1.00. The zero-order valence-corrected chi connectivity index (χ0v) is 10.3. The van der Waals surface area contributed by atoms with Crippen molar-refractivity contribution >= 4 is 0 Å². The Morgan fingerprint density at radius 1 is 1.17 bits per heavy atom. The summed E-state index contributed by atoms with van der Waals surface area (Å²) in [4.78, 5) is 1.83. The van der Waals surface area contributed by atoms with Crippen LogP contribution in [0.15, 0.2) is 0 Å². The number of nitrogens with zero attached hydrogens (tertiary/aromatic N) is 1. The van der Waals surface area contributed by atoms with E-state index in [1.807, 2.05) is 4.90 Å². The number of hydrogen-bond acceptors (Lipinski definition) is 7. The van der Waals surface area contributed by atoms with E-state index < -0.39 is 49.3 Å². The quantitative estimate of drug-likeness (QED) is 0.363. The Balaban J connectivity index is 2.17. The lowest BCUT2D eigenvalue weighted by Crippen LogP contribution is -2.61. The van der Waals surface area contributed by atoms with Gasteiger partial charge < -0.3 is 35.2 Å². The van der Waals surface area contributed by atoms with Crippen molar-refractivity contribution < 1.29 is 30.3 Å². The smallest absolute Gasteiger partial charge is 0.162 e. The highest BCUT2D eigenvalue weighted by atomic mass is 16.6. The Kier molecular flexibility index (Phi) is 4.22. The molecule has 0 aliphatic carbocycles. The van der Waals surface area contributed by atoms with E-state index in [4.69, 9.17) is 9.84 Å². The van der Waals surface area contributed by atoms with E-state index in [1.165, 1.54) is 0 Å². The summed E-state index contributed by atoms with van der Waals surface area (Å²) in [7, 11) is 1.78. The molecule has 2 fully saturated rings. The monoisotopic (exact) mass is 263 g/mol. The zero-order valence-electron chi connectivity index (χ0n) is 10.3. The molecule has 0 aromatic rings. The number of likely N-dealkylation sites (N-methyl/N-ethyl adjacent to an activating group) is 1. The van der Waals surface area contributed by atoms with Gasteiger partial charge in [-0.1, -0.05) is 0 Å². The molecule has 0 amide bonds. The highest BCUT2D eigenvalue weighted by Gasteiger charge is 2.51. The van der Waals surface area contributed by atoms with Gasteiger partial charge in [0.25, 0.3) is 0 Å². The van der Waals surface area contributed by atoms with Crippen LogP contribution < -0.4 is 0 Å². The second kappa shape index (κ2) is 5.38. The molecule has 7 heteroatoms.